The Morgan fingerprint density at radius 2 is 1.29 bits per heavy atom. The van der Waals surface area contributed by atoms with Gasteiger partial charge in [0, 0.05) is 61.2 Å². The Morgan fingerprint density at radius 3 is 1.92 bits per heavy atom. The van der Waals surface area contributed by atoms with E-state index in [0.29, 0.717) is 24.8 Å². The van der Waals surface area contributed by atoms with Crippen molar-refractivity contribution >= 4 is 63.8 Å². The molecule has 2 aliphatic rings. The Labute approximate surface area is 466 Å². The van der Waals surface area contributed by atoms with Crippen LogP contribution in [0.2, 0.25) is 0 Å². The van der Waals surface area contributed by atoms with Crippen molar-refractivity contribution < 1.29 is 48.3 Å². The fourth-order valence-corrected chi connectivity index (χ4v) is 10.7. The zero-order chi connectivity index (χ0) is 57.9. The van der Waals surface area contributed by atoms with E-state index in [9.17, 15) is 48.3 Å². The van der Waals surface area contributed by atoms with Crippen molar-refractivity contribution in [2.45, 2.75) is 198 Å². The normalized spacial score (nSPS) is 23.9. The van der Waals surface area contributed by atoms with Crippen molar-refractivity contribution in [3.8, 4) is 0 Å². The molecule has 1 saturated carbocycles. The molecule has 22 heteroatoms. The maximum atomic E-state index is 14.7. The van der Waals surface area contributed by atoms with Gasteiger partial charge in [-0.25, -0.2) is 0 Å². The molecule has 7 amide bonds. The third-order valence-electron chi connectivity index (χ3n) is 15.2. The zero-order valence-electron chi connectivity index (χ0n) is 47.1. The maximum Gasteiger partial charge on any atom is 0.243 e. The lowest BCUT2D eigenvalue weighted by Crippen LogP contribution is -2.60. The zero-order valence-corrected chi connectivity index (χ0v) is 47.1. The first-order valence-corrected chi connectivity index (χ1v) is 29.1. The van der Waals surface area contributed by atoms with Gasteiger partial charge in [-0.1, -0.05) is 90.3 Å². The number of para-hydroxylation sites is 1. The molecule has 2 heterocycles. The number of hydrogen-bond acceptors (Lipinski definition) is 14. The van der Waals surface area contributed by atoms with Crippen LogP contribution in [0, 0.1) is 23.7 Å². The predicted molar refractivity (Wildman–Crippen MR) is 302 cm³/mol. The number of carbonyl (C=O) groups excluding carboxylic acids is 9. The lowest BCUT2D eigenvalue weighted by atomic mass is 9.82. The van der Waals surface area contributed by atoms with E-state index >= 15 is 0 Å². The third-order valence-corrected chi connectivity index (χ3v) is 15.2. The molecule has 17 N–H and O–H groups in total. The summed E-state index contributed by atoms with van der Waals surface area (Å²) in [4.78, 5) is 132. The minimum absolute atomic E-state index is 0.0164. The van der Waals surface area contributed by atoms with Crippen LogP contribution >= 0.6 is 0 Å². The molecule has 1 saturated heterocycles. The number of nitrogens with two attached hydrogens (primary N) is 4. The summed E-state index contributed by atoms with van der Waals surface area (Å²) in [6, 6.07) is -0.0457. The third kappa shape index (κ3) is 22.0. The molecule has 9 atom stereocenters. The van der Waals surface area contributed by atoms with Crippen LogP contribution in [0.5, 0.6) is 0 Å². The van der Waals surface area contributed by atoms with Crippen molar-refractivity contribution in [1.29, 1.82) is 0 Å². The van der Waals surface area contributed by atoms with Crippen molar-refractivity contribution in [1.82, 2.24) is 42.2 Å². The van der Waals surface area contributed by atoms with E-state index in [1.54, 1.807) is 6.20 Å². The number of rotatable bonds is 25. The van der Waals surface area contributed by atoms with Crippen LogP contribution in [0.25, 0.3) is 10.9 Å². The van der Waals surface area contributed by atoms with Crippen molar-refractivity contribution in [3.63, 3.8) is 0 Å². The molecule has 0 unspecified atom stereocenters. The topological polar surface area (TPSA) is 378 Å². The van der Waals surface area contributed by atoms with Crippen molar-refractivity contribution in [3.05, 3.63) is 36.0 Å². The number of Topliss-reactive ketones (excluding diaryl/α,β-unsaturated/α-hetero) is 2. The highest BCUT2D eigenvalue weighted by Gasteiger charge is 2.38. The number of fused-ring (bicyclic) bond motifs is 1. The summed E-state index contributed by atoms with van der Waals surface area (Å²) in [6.45, 7) is 5.53. The SMILES string of the molecule is CCCCCCC[C@@H](O)CC(=O)C[C@H](CCN)C(=O)N[C@H]1CCNC(=O)[C@H](Cc2c[nH]c3ccccc23)NC(=O)[C@H](CCN)NC(=O)[C@H](CCN)NC(=O)[C@H](CC(C)C)NC(=O)[C@@H](C2CCCCC2)NC(=O)[C@H](CCN)CC1=O. The van der Waals surface area contributed by atoms with Crippen LogP contribution in [0.3, 0.4) is 0 Å². The van der Waals surface area contributed by atoms with Gasteiger partial charge in [0.15, 0.2) is 5.78 Å². The molecule has 1 aromatic carbocycles. The number of aromatic nitrogens is 1. The van der Waals surface area contributed by atoms with E-state index in [1.807, 2.05) is 38.1 Å². The van der Waals surface area contributed by atoms with E-state index < -0.39 is 108 Å². The molecule has 442 valence electrons. The van der Waals surface area contributed by atoms with Gasteiger partial charge in [-0.05, 0) is 107 Å². The van der Waals surface area contributed by atoms with Crippen LogP contribution in [0.4, 0.5) is 0 Å². The van der Waals surface area contributed by atoms with Gasteiger partial charge in [0.1, 0.15) is 36.0 Å². The average Bonchev–Trinajstić information content (AvgIpc) is 3.82. The van der Waals surface area contributed by atoms with Crippen LogP contribution in [0.15, 0.2) is 30.5 Å². The van der Waals surface area contributed by atoms with E-state index in [1.165, 1.54) is 0 Å². The van der Waals surface area contributed by atoms with Gasteiger partial charge in [0.05, 0.1) is 12.1 Å². The molecule has 79 heavy (non-hydrogen) atoms. The molecule has 0 radical (unpaired) electrons. The monoisotopic (exact) mass is 1110 g/mol. The number of unbranched alkanes of at least 4 members (excludes halogenated alkanes) is 4. The molecular weight excluding hydrogens is 1010 g/mol. The Bertz CT molecular complexity index is 2290. The van der Waals surface area contributed by atoms with Gasteiger partial charge in [-0.15, -0.1) is 0 Å². The Morgan fingerprint density at radius 1 is 0.671 bits per heavy atom. The first kappa shape index (κ1) is 65.7. The first-order valence-electron chi connectivity index (χ1n) is 29.1. The summed E-state index contributed by atoms with van der Waals surface area (Å²) in [5, 5.41) is 31.2. The van der Waals surface area contributed by atoms with Gasteiger partial charge in [0.2, 0.25) is 41.4 Å². The van der Waals surface area contributed by atoms with E-state index in [-0.39, 0.29) is 108 Å². The molecule has 4 rings (SSSR count). The number of aromatic amines is 1. The summed E-state index contributed by atoms with van der Waals surface area (Å²) in [6.07, 6.45) is 8.97. The second-order valence-corrected chi connectivity index (χ2v) is 22.1. The van der Waals surface area contributed by atoms with Crippen LogP contribution in [0.1, 0.15) is 155 Å². The highest BCUT2D eigenvalue weighted by molar-refractivity contribution is 5.98. The summed E-state index contributed by atoms with van der Waals surface area (Å²) in [7, 11) is 0. The number of amides is 7. The number of aliphatic hydroxyl groups is 1. The highest BCUT2D eigenvalue weighted by atomic mass is 16.3. The number of benzene rings is 1. The van der Waals surface area contributed by atoms with E-state index in [4.69, 9.17) is 22.9 Å². The van der Waals surface area contributed by atoms with Crippen LogP contribution < -0.4 is 60.2 Å². The first-order chi connectivity index (χ1) is 37.9. The van der Waals surface area contributed by atoms with Gasteiger partial charge < -0.3 is 70.2 Å². The van der Waals surface area contributed by atoms with Crippen LogP contribution in [-0.2, 0) is 49.6 Å². The highest BCUT2D eigenvalue weighted by Crippen LogP contribution is 2.28. The molecule has 1 aromatic heterocycles. The van der Waals surface area contributed by atoms with Gasteiger partial charge in [-0.3, -0.25) is 43.2 Å². The lowest BCUT2D eigenvalue weighted by Gasteiger charge is -2.33. The largest absolute Gasteiger partial charge is 0.393 e. The number of hydrogen-bond donors (Lipinski definition) is 13. The van der Waals surface area contributed by atoms with E-state index in [2.05, 4.69) is 49.1 Å². The number of ketones is 2. The predicted octanol–water partition coefficient (Wildman–Crippen LogP) is 1.42. The summed E-state index contributed by atoms with van der Waals surface area (Å²) in [5.74, 6) is -8.22. The van der Waals surface area contributed by atoms with Gasteiger partial charge >= 0.3 is 0 Å². The second-order valence-electron chi connectivity index (χ2n) is 22.1. The second kappa shape index (κ2) is 35.0. The molecule has 0 spiro atoms. The van der Waals surface area contributed by atoms with Gasteiger partial charge in [0.25, 0.3) is 0 Å². The molecule has 2 fully saturated rings. The molecule has 1 aliphatic carbocycles. The molecule has 2 aromatic rings. The molecule has 1 aliphatic heterocycles. The number of aliphatic hydroxyl groups excluding tert-OH is 1. The number of carbonyl (C=O) groups is 9. The summed E-state index contributed by atoms with van der Waals surface area (Å²) >= 11 is 0. The smallest absolute Gasteiger partial charge is 0.243 e. The maximum absolute atomic E-state index is 14.7. The Hall–Kier alpha value is -5.81. The fourth-order valence-electron chi connectivity index (χ4n) is 10.7. The molecule has 22 nitrogen and oxygen atoms in total. The average molecular weight is 1110 g/mol. The Kier molecular flexibility index (Phi) is 29.1. The Balaban J connectivity index is 1.76. The quantitative estimate of drug-likeness (QED) is 0.0626. The van der Waals surface area contributed by atoms with Crippen LogP contribution in [-0.4, -0.2) is 138 Å². The fraction of sp³-hybridized carbons (Fsp3) is 0.702. The molecule has 0 bridgehead atoms. The summed E-state index contributed by atoms with van der Waals surface area (Å²) in [5.41, 5.74) is 25.4. The van der Waals surface area contributed by atoms with Crippen molar-refractivity contribution in [2.75, 3.05) is 32.7 Å². The number of nitrogens with one attached hydrogen (secondary N) is 8. The summed E-state index contributed by atoms with van der Waals surface area (Å²) < 4.78 is 0. The van der Waals surface area contributed by atoms with Crippen molar-refractivity contribution in [2.24, 2.45) is 46.6 Å². The van der Waals surface area contributed by atoms with E-state index in [0.717, 1.165) is 62.3 Å². The van der Waals surface area contributed by atoms with Gasteiger partial charge in [-0.2, -0.15) is 0 Å². The standard InChI is InChI=1S/C57H94N12O10/c1-4-5-6-7-11-16-40(70)33-41(71)30-37(19-24-58)51(73)64-44-23-28-62-53(75)48(31-39-34-63-43-18-13-12-17-42(39)43)67-55(77)46(22-27-61)65-54(76)45(21-26-60)66-56(78)47(29-35(2)3)68-57(79)50(36-14-9-8-10-15-36)69-52(74)38(20-25-59)32-49(44)72/h12-13,17-18,34-38,40,44-48,50,63,70H,4-11,14-16,19-33,58-61H2,1-3H3,(H,62,75)(H,64,73)(H,65,76)(H,66,78)(H,67,77)(H,68,79)(H,69,74)/t37-,38+,40+,44-,45-,46-,47-,48-,50+/m0/s1. The minimum Gasteiger partial charge on any atom is -0.393 e. The molecular formula is C57H94N12O10. The lowest BCUT2D eigenvalue weighted by molar-refractivity contribution is -0.137. The minimum atomic E-state index is -1.33. The number of H-pyrrole nitrogens is 1.